The van der Waals surface area contributed by atoms with Crippen LogP contribution in [0.4, 0.5) is 5.69 Å². The minimum absolute atomic E-state index is 0.0758. The summed E-state index contributed by atoms with van der Waals surface area (Å²) in [4.78, 5) is 14.0. The van der Waals surface area contributed by atoms with E-state index in [2.05, 4.69) is 78.9 Å². The van der Waals surface area contributed by atoms with Crippen molar-refractivity contribution in [1.29, 1.82) is 0 Å². The second-order valence-electron chi connectivity index (χ2n) is 12.1. The highest BCUT2D eigenvalue weighted by molar-refractivity contribution is 6.91. The van der Waals surface area contributed by atoms with E-state index < -0.39 is 8.07 Å². The molecular weight excluding hydrogens is 532 g/mol. The zero-order valence-electron chi connectivity index (χ0n) is 24.8. The molecule has 220 valence electrons. The van der Waals surface area contributed by atoms with Gasteiger partial charge in [-0.15, -0.1) is 5.10 Å². The maximum absolute atomic E-state index is 12.1. The molecule has 2 fully saturated rings. The number of carbonyl (C=O) groups is 1. The molecule has 1 amide bonds. The summed E-state index contributed by atoms with van der Waals surface area (Å²) in [5.41, 5.74) is 3.55. The first-order valence-corrected chi connectivity index (χ1v) is 18.1. The van der Waals surface area contributed by atoms with E-state index in [9.17, 15) is 9.90 Å². The van der Waals surface area contributed by atoms with Crippen molar-refractivity contribution in [2.45, 2.75) is 82.8 Å². The van der Waals surface area contributed by atoms with E-state index in [1.54, 1.807) is 7.11 Å². The summed E-state index contributed by atoms with van der Waals surface area (Å²) in [5.74, 6) is 1.53. The third kappa shape index (κ3) is 6.57. The highest BCUT2D eigenvalue weighted by Gasteiger charge is 2.50. The number of aliphatic hydroxyl groups is 1. The Kier molecular flexibility index (Phi) is 9.26. The zero-order chi connectivity index (χ0) is 29.0. The van der Waals surface area contributed by atoms with E-state index in [4.69, 9.17) is 9.47 Å². The summed E-state index contributed by atoms with van der Waals surface area (Å²) in [6.45, 7) is 8.96. The number of anilines is 1. The van der Waals surface area contributed by atoms with Gasteiger partial charge in [0.1, 0.15) is 5.75 Å². The van der Waals surface area contributed by atoms with E-state index in [1.807, 2.05) is 15.8 Å². The molecule has 0 unspecified atom stereocenters. The molecule has 0 aliphatic carbocycles. The van der Waals surface area contributed by atoms with Crippen molar-refractivity contribution < 1.29 is 19.4 Å². The van der Waals surface area contributed by atoms with Gasteiger partial charge in [-0.1, -0.05) is 54.7 Å². The summed E-state index contributed by atoms with van der Waals surface area (Å²) in [5, 5.41) is 19.2. The summed E-state index contributed by atoms with van der Waals surface area (Å²) >= 11 is 0. The van der Waals surface area contributed by atoms with Gasteiger partial charge in [-0.25, -0.2) is 0 Å². The predicted molar refractivity (Wildman–Crippen MR) is 163 cm³/mol. The number of rotatable bonds is 12. The Morgan fingerprint density at radius 1 is 1.05 bits per heavy atom. The fourth-order valence-electron chi connectivity index (χ4n) is 6.93. The smallest absolute Gasteiger partial charge is 0.227 e. The van der Waals surface area contributed by atoms with Crippen molar-refractivity contribution in [3.05, 3.63) is 66.0 Å². The fourth-order valence-corrected chi connectivity index (χ4v) is 11.0. The Morgan fingerprint density at radius 3 is 2.46 bits per heavy atom. The average molecular weight is 577 g/mol. The SMILES string of the molecule is COc1ccc([Si](C)(C)[C@@H]2[C@@H](C)[C@@H](CCc3ccc(N4CCCC4=O)cc3)O[C@H]2CCn2cc(CCO)nn2)cc1. The second kappa shape index (κ2) is 12.9. The molecule has 3 aromatic rings. The summed E-state index contributed by atoms with van der Waals surface area (Å²) < 4.78 is 14.2. The Morgan fingerprint density at radius 2 is 1.80 bits per heavy atom. The van der Waals surface area contributed by atoms with Gasteiger partial charge in [-0.3, -0.25) is 9.48 Å². The maximum atomic E-state index is 12.1. The topological polar surface area (TPSA) is 89.7 Å². The third-order valence-corrected chi connectivity index (χ3v) is 13.6. The number of aromatic nitrogens is 3. The van der Waals surface area contributed by atoms with E-state index >= 15 is 0 Å². The molecular formula is C32H44N4O4Si. The van der Waals surface area contributed by atoms with Crippen molar-refractivity contribution in [3.8, 4) is 5.75 Å². The second-order valence-corrected chi connectivity index (χ2v) is 16.8. The van der Waals surface area contributed by atoms with Crippen LogP contribution in [0.2, 0.25) is 18.6 Å². The summed E-state index contributed by atoms with van der Waals surface area (Å²) in [6, 6.07) is 17.2. The lowest BCUT2D eigenvalue weighted by Crippen LogP contribution is -2.50. The number of hydrogen-bond acceptors (Lipinski definition) is 6. The van der Waals surface area contributed by atoms with Crippen LogP contribution in [0.15, 0.2) is 54.7 Å². The lowest BCUT2D eigenvalue weighted by atomic mass is 9.95. The molecule has 0 spiro atoms. The minimum atomic E-state index is -1.93. The number of hydrogen-bond donors (Lipinski definition) is 1. The van der Waals surface area contributed by atoms with Crippen LogP contribution in [0.1, 0.15) is 43.9 Å². The molecule has 0 saturated carbocycles. The van der Waals surface area contributed by atoms with E-state index in [0.717, 1.165) is 55.9 Å². The molecule has 5 rings (SSSR count). The molecule has 2 aromatic carbocycles. The molecule has 41 heavy (non-hydrogen) atoms. The lowest BCUT2D eigenvalue weighted by molar-refractivity contribution is -0.117. The number of nitrogens with zero attached hydrogens (tertiary/aromatic N) is 4. The van der Waals surface area contributed by atoms with Gasteiger partial charge < -0.3 is 19.5 Å². The van der Waals surface area contributed by atoms with E-state index in [1.165, 1.54) is 10.8 Å². The molecule has 9 heteroatoms. The molecule has 0 radical (unpaired) electrons. The Bertz CT molecular complexity index is 1290. The number of carbonyl (C=O) groups excluding carboxylic acids is 1. The maximum Gasteiger partial charge on any atom is 0.227 e. The van der Waals surface area contributed by atoms with Gasteiger partial charge in [0.05, 0.1) is 33.1 Å². The predicted octanol–water partition coefficient (Wildman–Crippen LogP) is 4.36. The standard InChI is InChI=1S/C32H44N4O4Si/c1-23-29(16-9-24-7-10-26(11-8-24)36-19-5-6-31(36)38)40-30(17-20-35-22-25(18-21-37)33-34-35)32(23)41(3,4)28-14-12-27(39-2)13-15-28/h7-8,10-15,22-23,29-30,32,37H,5-6,9,16-21H2,1-4H3/t23-,29+,30-,32+/m0/s1. The van der Waals surface area contributed by atoms with Gasteiger partial charge in [0.2, 0.25) is 5.91 Å². The number of amides is 1. The van der Waals surface area contributed by atoms with Crippen LogP contribution in [-0.2, 0) is 28.9 Å². The van der Waals surface area contributed by atoms with Crippen molar-refractivity contribution in [2.75, 3.05) is 25.2 Å². The molecule has 2 aliphatic rings. The fraction of sp³-hybridized carbons (Fsp3) is 0.531. The lowest BCUT2D eigenvalue weighted by Gasteiger charge is -2.36. The van der Waals surface area contributed by atoms with Crippen molar-refractivity contribution in [1.82, 2.24) is 15.0 Å². The Balaban J connectivity index is 1.30. The molecule has 1 aromatic heterocycles. The van der Waals surface area contributed by atoms with E-state index in [-0.39, 0.29) is 24.7 Å². The van der Waals surface area contributed by atoms with Crippen LogP contribution in [0.5, 0.6) is 5.75 Å². The highest BCUT2D eigenvalue weighted by Crippen LogP contribution is 2.46. The number of aliphatic hydroxyl groups excluding tert-OH is 1. The van der Waals surface area contributed by atoms with Gasteiger partial charge in [-0.2, -0.15) is 0 Å². The van der Waals surface area contributed by atoms with Crippen LogP contribution >= 0.6 is 0 Å². The molecule has 0 bridgehead atoms. The van der Waals surface area contributed by atoms with Gasteiger partial charge in [0.25, 0.3) is 0 Å². The third-order valence-electron chi connectivity index (χ3n) is 9.21. The number of ether oxygens (including phenoxy) is 2. The van der Waals surface area contributed by atoms with Crippen LogP contribution in [0, 0.1) is 5.92 Å². The normalized spacial score (nSPS) is 23.0. The molecule has 1 N–H and O–H groups in total. The van der Waals surface area contributed by atoms with Gasteiger partial charge in [-0.05, 0) is 67.0 Å². The van der Waals surface area contributed by atoms with Crippen molar-refractivity contribution >= 4 is 24.9 Å². The first-order chi connectivity index (χ1) is 19.8. The largest absolute Gasteiger partial charge is 0.497 e. The first-order valence-electron chi connectivity index (χ1n) is 15.0. The zero-order valence-corrected chi connectivity index (χ0v) is 25.8. The summed E-state index contributed by atoms with van der Waals surface area (Å²) in [7, 11) is -0.221. The number of benzene rings is 2. The Hall–Kier alpha value is -3.01. The first kappa shape index (κ1) is 29.5. The monoisotopic (exact) mass is 576 g/mol. The van der Waals surface area contributed by atoms with Gasteiger partial charge >= 0.3 is 0 Å². The molecule has 8 nitrogen and oxygen atoms in total. The van der Waals surface area contributed by atoms with Crippen molar-refractivity contribution in [2.24, 2.45) is 5.92 Å². The van der Waals surface area contributed by atoms with Gasteiger partial charge in [0, 0.05) is 44.4 Å². The van der Waals surface area contributed by atoms with Gasteiger partial charge in [0.15, 0.2) is 0 Å². The number of aryl methyl sites for hydroxylation is 2. The molecule has 3 heterocycles. The molecule has 4 atom stereocenters. The minimum Gasteiger partial charge on any atom is -0.497 e. The van der Waals surface area contributed by atoms with Crippen LogP contribution in [0.3, 0.4) is 0 Å². The number of methoxy groups -OCH3 is 1. The highest BCUT2D eigenvalue weighted by atomic mass is 28.3. The average Bonchev–Trinajstić information content (AvgIpc) is 3.70. The van der Waals surface area contributed by atoms with Crippen LogP contribution < -0.4 is 14.8 Å². The summed E-state index contributed by atoms with van der Waals surface area (Å²) in [6.07, 6.45) is 7.14. The van der Waals surface area contributed by atoms with Crippen molar-refractivity contribution in [3.63, 3.8) is 0 Å². The quantitative estimate of drug-likeness (QED) is 0.322. The van der Waals surface area contributed by atoms with E-state index in [0.29, 0.717) is 24.3 Å². The molecule has 2 aliphatic heterocycles. The Labute approximate surface area is 244 Å². The van der Waals surface area contributed by atoms with Crippen LogP contribution in [-0.4, -0.2) is 66.6 Å². The molecule has 2 saturated heterocycles. The van der Waals surface area contributed by atoms with Crippen LogP contribution in [0.25, 0.3) is 0 Å².